The molecule has 2 rings (SSSR count). The minimum absolute atomic E-state index is 0.153. The normalized spacial score (nSPS) is 20.7. The van der Waals surface area contributed by atoms with Gasteiger partial charge in [0.15, 0.2) is 0 Å². The molecule has 1 atom stereocenters. The second kappa shape index (κ2) is 5.30. The van der Waals surface area contributed by atoms with E-state index in [0.717, 1.165) is 36.5 Å². The third kappa shape index (κ3) is 3.25. The van der Waals surface area contributed by atoms with Gasteiger partial charge in [-0.15, -0.1) is 0 Å². The number of alkyl halides is 3. The van der Waals surface area contributed by atoms with Crippen LogP contribution in [0, 0.1) is 0 Å². The van der Waals surface area contributed by atoms with Crippen molar-refractivity contribution in [3.8, 4) is 0 Å². The van der Waals surface area contributed by atoms with Crippen LogP contribution in [0.5, 0.6) is 0 Å². The largest absolute Gasteiger partial charge is 0.416 e. The van der Waals surface area contributed by atoms with Crippen LogP contribution in [0.2, 0.25) is 0 Å². The van der Waals surface area contributed by atoms with Crippen LogP contribution in [-0.4, -0.2) is 17.5 Å². The van der Waals surface area contributed by atoms with Crippen LogP contribution >= 0.6 is 11.8 Å². The third-order valence-corrected chi connectivity index (χ3v) is 4.11. The Bertz CT molecular complexity index is 414. The summed E-state index contributed by atoms with van der Waals surface area (Å²) in [4.78, 5) is 0. The van der Waals surface area contributed by atoms with Crippen LogP contribution in [0.15, 0.2) is 18.2 Å². The highest BCUT2D eigenvalue weighted by atomic mass is 32.2. The summed E-state index contributed by atoms with van der Waals surface area (Å²) in [6.07, 6.45) is -2.18. The molecule has 1 fully saturated rings. The average molecular weight is 276 g/mol. The topological polar surface area (TPSA) is 38.0 Å². The van der Waals surface area contributed by atoms with Gasteiger partial charge in [-0.05, 0) is 36.8 Å². The van der Waals surface area contributed by atoms with Crippen LogP contribution in [0.3, 0.4) is 0 Å². The molecule has 1 heterocycles. The molecule has 1 saturated heterocycles. The number of hydrogen-bond acceptors (Lipinski definition) is 3. The van der Waals surface area contributed by atoms with E-state index in [2.05, 4.69) is 5.32 Å². The van der Waals surface area contributed by atoms with E-state index in [0.29, 0.717) is 11.7 Å². The second-order valence-electron chi connectivity index (χ2n) is 4.36. The van der Waals surface area contributed by atoms with Gasteiger partial charge >= 0.3 is 6.18 Å². The quantitative estimate of drug-likeness (QED) is 0.811. The smallest absolute Gasteiger partial charge is 0.397 e. The van der Waals surface area contributed by atoms with Gasteiger partial charge in [-0.1, -0.05) is 0 Å². The van der Waals surface area contributed by atoms with E-state index in [1.165, 1.54) is 6.07 Å². The lowest BCUT2D eigenvalue weighted by molar-refractivity contribution is -0.137. The fraction of sp³-hybridized carbons (Fsp3) is 0.500. The number of hydrogen-bond donors (Lipinski definition) is 2. The van der Waals surface area contributed by atoms with Gasteiger partial charge < -0.3 is 11.1 Å². The molecule has 100 valence electrons. The molecular weight excluding hydrogens is 261 g/mol. The summed E-state index contributed by atoms with van der Waals surface area (Å²) >= 11 is 1.85. The number of nitrogens with two attached hydrogens (primary N) is 1. The van der Waals surface area contributed by atoms with E-state index in [4.69, 9.17) is 5.73 Å². The lowest BCUT2D eigenvalue weighted by Gasteiger charge is -2.24. The summed E-state index contributed by atoms with van der Waals surface area (Å²) in [5.74, 6) is 2.13. The number of nitrogens with one attached hydrogen (secondary N) is 1. The minimum atomic E-state index is -4.34. The van der Waals surface area contributed by atoms with E-state index < -0.39 is 11.7 Å². The highest BCUT2D eigenvalue weighted by Crippen LogP contribution is 2.33. The molecule has 0 aliphatic carbocycles. The molecule has 3 N–H and O–H groups in total. The van der Waals surface area contributed by atoms with Gasteiger partial charge in [-0.3, -0.25) is 0 Å². The molecule has 1 aromatic rings. The average Bonchev–Trinajstić information content (AvgIpc) is 2.32. The maximum Gasteiger partial charge on any atom is 0.416 e. The number of anilines is 2. The molecule has 2 nitrogen and oxygen atoms in total. The summed E-state index contributed by atoms with van der Waals surface area (Å²) in [5.41, 5.74) is 5.71. The number of halogens is 3. The lowest BCUT2D eigenvalue weighted by Crippen LogP contribution is -2.26. The van der Waals surface area contributed by atoms with Gasteiger partial charge in [-0.2, -0.15) is 24.9 Å². The highest BCUT2D eigenvalue weighted by Gasteiger charge is 2.30. The molecule has 1 aliphatic rings. The second-order valence-corrected chi connectivity index (χ2v) is 5.51. The molecule has 18 heavy (non-hydrogen) atoms. The van der Waals surface area contributed by atoms with E-state index >= 15 is 0 Å². The molecule has 1 aliphatic heterocycles. The van der Waals surface area contributed by atoms with E-state index in [1.807, 2.05) is 11.8 Å². The van der Waals surface area contributed by atoms with Crippen molar-refractivity contribution in [2.24, 2.45) is 0 Å². The van der Waals surface area contributed by atoms with E-state index in [1.54, 1.807) is 0 Å². The molecule has 1 aromatic carbocycles. The van der Waals surface area contributed by atoms with Crippen molar-refractivity contribution in [3.05, 3.63) is 23.8 Å². The van der Waals surface area contributed by atoms with Gasteiger partial charge in [0.05, 0.1) is 16.9 Å². The molecule has 0 amide bonds. The first-order valence-corrected chi connectivity index (χ1v) is 6.93. The fourth-order valence-corrected chi connectivity index (χ4v) is 3.02. The fourth-order valence-electron chi connectivity index (χ4n) is 1.94. The zero-order valence-electron chi connectivity index (χ0n) is 9.76. The van der Waals surface area contributed by atoms with Crippen LogP contribution in [0.25, 0.3) is 0 Å². The number of thioether (sulfide) groups is 1. The Morgan fingerprint density at radius 3 is 2.67 bits per heavy atom. The van der Waals surface area contributed by atoms with Crippen molar-refractivity contribution < 1.29 is 13.2 Å². The summed E-state index contributed by atoms with van der Waals surface area (Å²) in [6, 6.07) is 3.76. The minimum Gasteiger partial charge on any atom is -0.397 e. The molecule has 6 heteroatoms. The summed E-state index contributed by atoms with van der Waals surface area (Å²) < 4.78 is 37.4. The van der Waals surface area contributed by atoms with Crippen molar-refractivity contribution in [1.29, 1.82) is 0 Å². The third-order valence-electron chi connectivity index (χ3n) is 2.90. The monoisotopic (exact) mass is 276 g/mol. The summed E-state index contributed by atoms with van der Waals surface area (Å²) in [7, 11) is 0. The molecule has 0 radical (unpaired) electrons. The molecule has 0 bridgehead atoms. The van der Waals surface area contributed by atoms with Gasteiger partial charge in [0.2, 0.25) is 0 Å². The zero-order valence-corrected chi connectivity index (χ0v) is 10.6. The van der Waals surface area contributed by atoms with Gasteiger partial charge in [0.25, 0.3) is 0 Å². The molecular formula is C12H15F3N2S. The lowest BCUT2D eigenvalue weighted by atomic mass is 10.1. The first kappa shape index (κ1) is 13.4. The number of nitrogen functional groups attached to an aromatic ring is 1. The van der Waals surface area contributed by atoms with Crippen molar-refractivity contribution in [2.75, 3.05) is 22.6 Å². The van der Waals surface area contributed by atoms with Crippen molar-refractivity contribution >= 4 is 23.1 Å². The Morgan fingerprint density at radius 1 is 1.33 bits per heavy atom. The van der Waals surface area contributed by atoms with E-state index in [9.17, 15) is 13.2 Å². The van der Waals surface area contributed by atoms with Crippen molar-refractivity contribution in [3.63, 3.8) is 0 Å². The maximum atomic E-state index is 12.5. The first-order chi connectivity index (χ1) is 8.47. The highest BCUT2D eigenvalue weighted by molar-refractivity contribution is 7.99. The van der Waals surface area contributed by atoms with Gasteiger partial charge in [0, 0.05) is 11.8 Å². The zero-order chi connectivity index (χ0) is 13.2. The number of rotatable bonds is 2. The van der Waals surface area contributed by atoms with Crippen molar-refractivity contribution in [2.45, 2.75) is 25.1 Å². The summed E-state index contributed by atoms with van der Waals surface area (Å²) in [6.45, 7) is 0. The molecule has 0 saturated carbocycles. The molecule has 1 unspecified atom stereocenters. The first-order valence-electron chi connectivity index (χ1n) is 5.78. The number of benzene rings is 1. The Morgan fingerprint density at radius 2 is 2.11 bits per heavy atom. The van der Waals surface area contributed by atoms with Crippen LogP contribution < -0.4 is 11.1 Å². The van der Waals surface area contributed by atoms with Crippen molar-refractivity contribution in [1.82, 2.24) is 0 Å². The standard InChI is InChI=1S/C12H15F3N2S/c13-12(14,15)8-3-4-11(10(16)6-8)17-9-2-1-5-18-7-9/h3-4,6,9,17H,1-2,5,7,16H2. The Balaban J connectivity index is 2.09. The Labute approximate surface area is 108 Å². The predicted molar refractivity (Wildman–Crippen MR) is 69.8 cm³/mol. The Kier molecular flexibility index (Phi) is 3.94. The Hall–Kier alpha value is -1.04. The van der Waals surface area contributed by atoms with Gasteiger partial charge in [-0.25, -0.2) is 0 Å². The SMILES string of the molecule is Nc1cc(C(F)(F)F)ccc1NC1CCCSC1. The molecule has 0 spiro atoms. The predicted octanol–water partition coefficient (Wildman–Crippen LogP) is 3.60. The van der Waals surface area contributed by atoms with Crippen LogP contribution in [-0.2, 0) is 6.18 Å². The van der Waals surface area contributed by atoms with Gasteiger partial charge in [0.1, 0.15) is 0 Å². The van der Waals surface area contributed by atoms with Crippen LogP contribution in [0.1, 0.15) is 18.4 Å². The van der Waals surface area contributed by atoms with E-state index in [-0.39, 0.29) is 5.69 Å². The summed E-state index contributed by atoms with van der Waals surface area (Å²) in [5, 5.41) is 3.21. The maximum absolute atomic E-state index is 12.5. The molecule has 0 aromatic heterocycles. The van der Waals surface area contributed by atoms with Crippen LogP contribution in [0.4, 0.5) is 24.5 Å².